The first-order valence-electron chi connectivity index (χ1n) is 11.7. The minimum Gasteiger partial charge on any atom is -0.396 e. The van der Waals surface area contributed by atoms with Crippen LogP contribution in [0.5, 0.6) is 0 Å². The number of benzene rings is 1. The van der Waals surface area contributed by atoms with E-state index in [0.717, 1.165) is 18.4 Å². The molecule has 0 aromatic heterocycles. The highest BCUT2D eigenvalue weighted by molar-refractivity contribution is 6.34. The Bertz CT molecular complexity index is 899. The lowest BCUT2D eigenvalue weighted by atomic mass is 9.69. The molecule has 0 unspecified atom stereocenters. The molecule has 1 aliphatic carbocycles. The molecule has 1 aliphatic heterocycles. The van der Waals surface area contributed by atoms with Crippen molar-refractivity contribution >= 4 is 35.0 Å². The average Bonchev–Trinajstić information content (AvgIpc) is 3.09. The van der Waals surface area contributed by atoms with E-state index in [0.29, 0.717) is 30.1 Å². The number of fused-ring (bicyclic) bond motifs is 1. The summed E-state index contributed by atoms with van der Waals surface area (Å²) in [5.41, 5.74) is 1.37. The summed E-state index contributed by atoms with van der Waals surface area (Å²) in [7, 11) is 1.58. The summed E-state index contributed by atoms with van der Waals surface area (Å²) in [5.74, 6) is -2.18. The van der Waals surface area contributed by atoms with Crippen molar-refractivity contribution in [2.75, 3.05) is 25.5 Å². The lowest BCUT2D eigenvalue weighted by Gasteiger charge is -2.33. The summed E-state index contributed by atoms with van der Waals surface area (Å²) in [5, 5.41) is 15.2. The number of aliphatic hydroxyl groups excluding tert-OH is 1. The molecule has 33 heavy (non-hydrogen) atoms. The molecular weight excluding hydrogens is 442 g/mol. The van der Waals surface area contributed by atoms with Crippen LogP contribution in [0.4, 0.5) is 5.69 Å². The van der Waals surface area contributed by atoms with E-state index >= 15 is 0 Å². The number of unbranched alkanes of at least 4 members (excludes halogenated alkanes) is 2. The van der Waals surface area contributed by atoms with E-state index in [9.17, 15) is 14.4 Å². The Morgan fingerprint density at radius 1 is 1.15 bits per heavy atom. The highest BCUT2D eigenvalue weighted by Crippen LogP contribution is 2.45. The fourth-order valence-corrected chi connectivity index (χ4v) is 5.48. The number of carbonyl (C=O) groups excluding carboxylic acids is 3. The zero-order valence-corrected chi connectivity index (χ0v) is 20.3. The second-order valence-corrected chi connectivity index (χ2v) is 9.29. The molecule has 8 heteroatoms. The molecule has 2 aliphatic rings. The molecule has 3 rings (SSSR count). The van der Waals surface area contributed by atoms with Gasteiger partial charge >= 0.3 is 0 Å². The van der Waals surface area contributed by atoms with E-state index in [1.54, 1.807) is 18.0 Å². The predicted octanol–water partition coefficient (Wildman–Crippen LogP) is 3.15. The number of nitrogens with one attached hydrogen (secondary N) is 2. The molecule has 0 bridgehead atoms. The van der Waals surface area contributed by atoms with Crippen molar-refractivity contribution in [3.8, 4) is 0 Å². The van der Waals surface area contributed by atoms with Gasteiger partial charge in [-0.15, -0.1) is 0 Å². The van der Waals surface area contributed by atoms with Gasteiger partial charge in [0.15, 0.2) is 0 Å². The van der Waals surface area contributed by atoms with Crippen molar-refractivity contribution in [3.05, 3.63) is 40.9 Å². The van der Waals surface area contributed by atoms with Gasteiger partial charge in [0.05, 0.1) is 22.5 Å². The molecule has 0 spiro atoms. The summed E-state index contributed by atoms with van der Waals surface area (Å²) in [4.78, 5) is 41.7. The number of carbonyl (C=O) groups is 3. The topological polar surface area (TPSA) is 98.7 Å². The van der Waals surface area contributed by atoms with Gasteiger partial charge in [-0.2, -0.15) is 0 Å². The summed E-state index contributed by atoms with van der Waals surface area (Å²) in [6, 6.07) is 4.67. The molecule has 7 nitrogen and oxygen atoms in total. The van der Waals surface area contributed by atoms with E-state index in [2.05, 4.69) is 10.6 Å². The molecule has 0 saturated carbocycles. The Morgan fingerprint density at radius 2 is 1.91 bits per heavy atom. The Kier molecular flexibility index (Phi) is 8.54. The standard InChI is InChI=1S/C25H34ClN3O4/c1-4-16-11-12-17-20(19(16)23(31)27-3)25(33)29(13-6-5-7-14-30)22(17)24(32)28-21-15(2)9-8-10-18(21)26/h8-12,16-17,19-20,22,30H,4-7,13-14H2,1-3H3,(H,27,31)(H,28,32)/t16-,17+,19-,20-,22+/m1/s1. The molecule has 1 fully saturated rings. The molecule has 180 valence electrons. The maximum absolute atomic E-state index is 13.7. The van der Waals surface area contributed by atoms with Gasteiger partial charge in [-0.1, -0.05) is 42.8 Å². The van der Waals surface area contributed by atoms with Crippen LogP contribution in [0.25, 0.3) is 0 Å². The second-order valence-electron chi connectivity index (χ2n) is 8.88. The molecule has 5 atom stereocenters. The number of rotatable bonds is 9. The van der Waals surface area contributed by atoms with Crippen LogP contribution in [0.2, 0.25) is 5.02 Å². The van der Waals surface area contributed by atoms with Gasteiger partial charge in [0, 0.05) is 26.1 Å². The van der Waals surface area contributed by atoms with Crippen LogP contribution >= 0.6 is 11.6 Å². The monoisotopic (exact) mass is 475 g/mol. The highest BCUT2D eigenvalue weighted by Gasteiger charge is 2.56. The SMILES string of the molecule is CC[C@@H]1C=C[C@H]2[C@@H](C(=O)N(CCCCCO)[C@@H]2C(=O)Nc2c(C)cccc2Cl)[C@@H]1C(=O)NC. The van der Waals surface area contributed by atoms with Crippen LogP contribution in [-0.2, 0) is 14.4 Å². The number of amides is 3. The zero-order valence-electron chi connectivity index (χ0n) is 19.5. The van der Waals surface area contributed by atoms with Gasteiger partial charge in [0.25, 0.3) is 0 Å². The van der Waals surface area contributed by atoms with Crippen LogP contribution in [0.15, 0.2) is 30.4 Å². The fraction of sp³-hybridized carbons (Fsp3) is 0.560. The summed E-state index contributed by atoms with van der Waals surface area (Å²) < 4.78 is 0. The third-order valence-electron chi connectivity index (χ3n) is 6.93. The molecule has 1 saturated heterocycles. The average molecular weight is 476 g/mol. The summed E-state index contributed by atoms with van der Waals surface area (Å²) in [6.07, 6.45) is 6.74. The highest BCUT2D eigenvalue weighted by atomic mass is 35.5. The quantitative estimate of drug-likeness (QED) is 0.377. The van der Waals surface area contributed by atoms with Gasteiger partial charge in [-0.25, -0.2) is 0 Å². The number of aliphatic hydroxyl groups is 1. The minimum atomic E-state index is -0.728. The molecule has 0 radical (unpaired) electrons. The van der Waals surface area contributed by atoms with Crippen molar-refractivity contribution in [3.63, 3.8) is 0 Å². The Labute approximate surface area is 200 Å². The molecule has 1 heterocycles. The Balaban J connectivity index is 1.96. The number of para-hydroxylation sites is 1. The lowest BCUT2D eigenvalue weighted by Crippen LogP contribution is -2.45. The first kappa shape index (κ1) is 25.2. The summed E-state index contributed by atoms with van der Waals surface area (Å²) >= 11 is 6.34. The van der Waals surface area contributed by atoms with E-state index < -0.39 is 23.8 Å². The number of hydrogen-bond acceptors (Lipinski definition) is 4. The van der Waals surface area contributed by atoms with Gasteiger partial charge < -0.3 is 20.6 Å². The fourth-order valence-electron chi connectivity index (χ4n) is 5.21. The third kappa shape index (κ3) is 5.09. The number of likely N-dealkylation sites (tertiary alicyclic amines) is 1. The lowest BCUT2D eigenvalue weighted by molar-refractivity contribution is -0.140. The molecule has 1 aromatic rings. The number of halogens is 1. The van der Waals surface area contributed by atoms with Crippen molar-refractivity contribution in [2.45, 2.75) is 45.6 Å². The molecular formula is C25H34ClN3O4. The van der Waals surface area contributed by atoms with Crippen LogP contribution in [0.1, 0.15) is 38.2 Å². The van der Waals surface area contributed by atoms with Crippen LogP contribution in [0.3, 0.4) is 0 Å². The van der Waals surface area contributed by atoms with Gasteiger partial charge in [0.2, 0.25) is 17.7 Å². The molecule has 3 amide bonds. The number of aryl methyl sites for hydroxylation is 1. The van der Waals surface area contributed by atoms with Crippen LogP contribution in [-0.4, -0.2) is 54.0 Å². The smallest absolute Gasteiger partial charge is 0.247 e. The predicted molar refractivity (Wildman–Crippen MR) is 129 cm³/mol. The van der Waals surface area contributed by atoms with Gasteiger partial charge in [-0.3, -0.25) is 14.4 Å². The van der Waals surface area contributed by atoms with E-state index in [-0.39, 0.29) is 30.2 Å². The Morgan fingerprint density at radius 3 is 2.55 bits per heavy atom. The molecule has 3 N–H and O–H groups in total. The van der Waals surface area contributed by atoms with Crippen molar-refractivity contribution < 1.29 is 19.5 Å². The number of nitrogens with zero attached hydrogens (tertiary/aromatic N) is 1. The first-order chi connectivity index (χ1) is 15.8. The van der Waals surface area contributed by atoms with E-state index in [1.165, 1.54) is 0 Å². The van der Waals surface area contributed by atoms with Crippen molar-refractivity contribution in [2.24, 2.45) is 23.7 Å². The van der Waals surface area contributed by atoms with Crippen LogP contribution < -0.4 is 10.6 Å². The summed E-state index contributed by atoms with van der Waals surface area (Å²) in [6.45, 7) is 4.36. The van der Waals surface area contributed by atoms with E-state index in [1.807, 2.05) is 38.1 Å². The maximum atomic E-state index is 13.7. The van der Waals surface area contributed by atoms with Crippen molar-refractivity contribution in [1.82, 2.24) is 10.2 Å². The maximum Gasteiger partial charge on any atom is 0.247 e. The van der Waals surface area contributed by atoms with Crippen LogP contribution in [0, 0.1) is 30.6 Å². The first-order valence-corrected chi connectivity index (χ1v) is 12.1. The van der Waals surface area contributed by atoms with Gasteiger partial charge in [-0.05, 0) is 50.2 Å². The van der Waals surface area contributed by atoms with Crippen molar-refractivity contribution in [1.29, 1.82) is 0 Å². The normalized spacial score (nSPS) is 26.3. The number of anilines is 1. The second kappa shape index (κ2) is 11.2. The zero-order chi connectivity index (χ0) is 24.1. The molecule has 1 aromatic carbocycles. The number of allylic oxidation sites excluding steroid dienone is 1. The Hall–Kier alpha value is -2.38. The largest absolute Gasteiger partial charge is 0.396 e. The minimum absolute atomic E-state index is 0.0565. The number of hydrogen-bond donors (Lipinski definition) is 3. The third-order valence-corrected chi connectivity index (χ3v) is 7.24. The van der Waals surface area contributed by atoms with E-state index in [4.69, 9.17) is 16.7 Å². The van der Waals surface area contributed by atoms with Gasteiger partial charge in [0.1, 0.15) is 6.04 Å².